The number of carboxylic acid groups (broad SMARTS) is 1. The van der Waals surface area contributed by atoms with Crippen LogP contribution in [0.2, 0.25) is 0 Å². The Labute approximate surface area is 827 Å². The van der Waals surface area contributed by atoms with Gasteiger partial charge in [0.2, 0.25) is 106 Å². The van der Waals surface area contributed by atoms with Gasteiger partial charge >= 0.3 is 5.97 Å². The summed E-state index contributed by atoms with van der Waals surface area (Å²) in [5.41, 5.74) is 14.9. The van der Waals surface area contributed by atoms with Crippen molar-refractivity contribution in [2.45, 2.75) is 236 Å². The fourth-order valence-electron chi connectivity index (χ4n) is 17.7. The summed E-state index contributed by atoms with van der Waals surface area (Å²) < 4.78 is 1.46. The van der Waals surface area contributed by atoms with E-state index in [9.17, 15) is 53.4 Å². The molecule has 3 aromatic heterocycles. The number of hydrogen-bond donors (Lipinski definition) is 16. The number of unbranched alkanes of at least 4 members (excludes halogenated alkanes) is 2. The van der Waals surface area contributed by atoms with E-state index in [2.05, 4.69) is 73.4 Å². The number of carbonyl (C=O) groups is 18. The van der Waals surface area contributed by atoms with Gasteiger partial charge < -0.3 is 114 Å². The maximum absolute atomic E-state index is 15.8. The van der Waals surface area contributed by atoms with Gasteiger partial charge in [-0.3, -0.25) is 86.3 Å². The molecule has 0 bridgehead atoms. The molecular formula is C99H132N22O20S. The van der Waals surface area contributed by atoms with E-state index in [4.69, 9.17) is 11.5 Å². The number of phenols is 1. The Morgan fingerprint density at radius 2 is 1.10 bits per heavy atom. The van der Waals surface area contributed by atoms with Gasteiger partial charge in [-0.1, -0.05) is 146 Å². The summed E-state index contributed by atoms with van der Waals surface area (Å²) in [6.07, 6.45) is 5.16. The second-order valence-corrected chi connectivity index (χ2v) is 38.0. The van der Waals surface area contributed by atoms with Crippen LogP contribution in [0.25, 0.3) is 33.1 Å². The van der Waals surface area contributed by atoms with Crippen molar-refractivity contribution in [3.8, 4) is 17.0 Å². The number of thioether (sulfide) groups is 1. The SMILES string of the molecule is CCCC[C@H]1C(=O)N(C)[C@@H](CCCC)C(=O)N[C@@H](CC(C)C)C(=O)N[C@H](C(=O)NCC(N)=O)CSCC(=O)N[C@@H](Cc2ccc(O)cc2)C(=O)N(C)[C@@H](C)C(=O)N[C@@H](CC(N)=O)C(=O)N2CCCC2C(=O)N[C@@H](CNc2nccc(-c3ccccc3)n2)C(=O)N[C@@H](CC(C)C)C(=O)N2CCCC2C(=O)N[C@@H](Cc2c[nH]c3ccccc23)C(=O)NCC(=O)N[C@@H](Cc2cn(CC(=O)O)c3ccccc23)C(=O)N1C. The number of anilines is 1. The lowest BCUT2D eigenvalue weighted by atomic mass is 9.99. The molecule has 3 aliphatic heterocycles. The second-order valence-electron chi connectivity index (χ2n) is 37.0. The number of para-hydroxylation sites is 2. The van der Waals surface area contributed by atoms with E-state index in [-0.39, 0.29) is 107 Å². The summed E-state index contributed by atoms with van der Waals surface area (Å²) in [6, 6.07) is 10.9. The van der Waals surface area contributed by atoms with Gasteiger partial charge in [0, 0.05) is 112 Å². The zero-order valence-electron chi connectivity index (χ0n) is 81.6. The number of fused-ring (bicyclic) bond motifs is 4. The molecule has 0 saturated carbocycles. The maximum atomic E-state index is 15.8. The number of aromatic amines is 1. The normalized spacial score (nSPS) is 23.1. The van der Waals surface area contributed by atoms with Gasteiger partial charge in [-0.2, -0.15) is 0 Å². The van der Waals surface area contributed by atoms with Crippen molar-refractivity contribution in [2.75, 3.05) is 70.7 Å². The van der Waals surface area contributed by atoms with Crippen molar-refractivity contribution in [3.05, 3.63) is 144 Å². The summed E-state index contributed by atoms with van der Waals surface area (Å²) in [4.78, 5) is 282. The Hall–Kier alpha value is -14.6. The van der Waals surface area contributed by atoms with Gasteiger partial charge in [0.25, 0.3) is 0 Å². The Balaban J connectivity index is 1.02. The maximum Gasteiger partial charge on any atom is 0.323 e. The van der Waals surface area contributed by atoms with Gasteiger partial charge in [-0.05, 0) is 117 Å². The second kappa shape index (κ2) is 52.1. The third-order valence-electron chi connectivity index (χ3n) is 25.4. The summed E-state index contributed by atoms with van der Waals surface area (Å²) in [5, 5.41) is 51.6. The molecule has 18 N–H and O–H groups in total. The molecule has 2 unspecified atom stereocenters. The number of aliphatic carboxylic acids is 1. The highest BCUT2D eigenvalue weighted by molar-refractivity contribution is 8.00. The summed E-state index contributed by atoms with van der Waals surface area (Å²) >= 11 is 0.792. The molecule has 10 rings (SSSR count). The predicted molar refractivity (Wildman–Crippen MR) is 528 cm³/mol. The lowest BCUT2D eigenvalue weighted by molar-refractivity contribution is -0.149. The first-order chi connectivity index (χ1) is 67.7. The number of rotatable bonds is 27. The standard InChI is InChI=1S/C99H132N22O20S/c1-11-13-29-77-91(134)109-68(42-56(3)4)89(132)114-75(88(131)104-50-82(101)124)54-142-55-84(126)108-71(44-59-34-36-63(122)37-35-59)94(137)116(8)58(7)86(129)111-73(47-81(100)123)97(140)121-41-23-33-79(121)93(136)113-74(49-106-99-102-39-38-66(115-99)60-24-16-15-17-25-60)90(133)112-70(43-57(5)6)96(139)120-40-22-32-78(120)92(135)110-69(45-61-48-103-67-28-20-18-26-64(61)67)87(130)105-51-83(125)107-72(95(138)118(10)80(30-14-12-2)98(141)117(77)9)46-62-52-119(53-85(127)128)76-31-21-19-27-65(62)76/h15-21,24-28,31,34-39,48,52,56-58,68-75,77-80,103,122H,11-14,22-23,29-30,32-33,40-47,49-51,53-55H2,1-10H3,(H2,100,123)(H2,101,124)(H,104,131)(H,105,130)(H,107,125)(H,108,126)(H,109,134)(H,110,135)(H,111,129)(H,112,133)(H,113,136)(H,114,132)(H,127,128)(H,102,106,115)/t58-,68-,69-,70-,71-,72-,73-,74-,75-,77-,78?,79?,80-/m0/s1. The molecule has 764 valence electrons. The molecule has 3 aliphatic rings. The molecule has 6 heterocycles. The zero-order chi connectivity index (χ0) is 103. The van der Waals surface area contributed by atoms with Crippen molar-refractivity contribution in [1.82, 2.24) is 97.2 Å². The number of primary amides is 2. The van der Waals surface area contributed by atoms with Crippen LogP contribution in [0.5, 0.6) is 5.75 Å². The summed E-state index contributed by atoms with van der Waals surface area (Å²) in [5.74, 6) is -18.1. The van der Waals surface area contributed by atoms with E-state index in [0.29, 0.717) is 75.4 Å². The average molecular weight is 1980 g/mol. The summed E-state index contributed by atoms with van der Waals surface area (Å²) in [7, 11) is 3.96. The van der Waals surface area contributed by atoms with Crippen molar-refractivity contribution >= 4 is 146 Å². The highest BCUT2D eigenvalue weighted by Gasteiger charge is 2.46. The number of nitrogens with zero attached hydrogens (tertiary/aromatic N) is 8. The molecule has 3 fully saturated rings. The smallest absolute Gasteiger partial charge is 0.323 e. The van der Waals surface area contributed by atoms with E-state index in [1.54, 1.807) is 101 Å². The van der Waals surface area contributed by atoms with Crippen LogP contribution >= 0.6 is 11.8 Å². The first-order valence-electron chi connectivity index (χ1n) is 48.0. The molecule has 13 atom stereocenters. The van der Waals surface area contributed by atoms with Crippen LogP contribution < -0.4 is 70.0 Å². The van der Waals surface area contributed by atoms with Crippen molar-refractivity contribution in [1.29, 1.82) is 0 Å². The fourth-order valence-corrected chi connectivity index (χ4v) is 18.6. The third kappa shape index (κ3) is 30.2. The monoisotopic (exact) mass is 1980 g/mol. The number of aromatic hydroxyl groups is 1. The molecule has 142 heavy (non-hydrogen) atoms. The largest absolute Gasteiger partial charge is 0.508 e. The van der Waals surface area contributed by atoms with Crippen LogP contribution in [0.3, 0.4) is 0 Å². The Morgan fingerprint density at radius 1 is 0.542 bits per heavy atom. The van der Waals surface area contributed by atoms with E-state index in [0.717, 1.165) is 26.5 Å². The number of benzene rings is 4. The first-order valence-corrected chi connectivity index (χ1v) is 49.1. The van der Waals surface area contributed by atoms with Crippen molar-refractivity contribution < 1.29 is 96.5 Å². The quantitative estimate of drug-likeness (QED) is 0.0348. The number of nitrogens with one attached hydrogen (secondary N) is 12. The number of hydrogen-bond acceptors (Lipinski definition) is 23. The van der Waals surface area contributed by atoms with E-state index < -0.39 is 229 Å². The zero-order valence-corrected chi connectivity index (χ0v) is 82.5. The molecule has 0 radical (unpaired) electrons. The molecular weight excluding hydrogens is 1850 g/mol. The van der Waals surface area contributed by atoms with Crippen LogP contribution in [0.1, 0.15) is 149 Å². The van der Waals surface area contributed by atoms with E-state index >= 15 is 43.2 Å². The van der Waals surface area contributed by atoms with Crippen molar-refractivity contribution in [3.63, 3.8) is 0 Å². The third-order valence-corrected chi connectivity index (χ3v) is 26.4. The van der Waals surface area contributed by atoms with Crippen LogP contribution in [0, 0.1) is 11.8 Å². The van der Waals surface area contributed by atoms with Gasteiger partial charge in [0.15, 0.2) is 0 Å². The van der Waals surface area contributed by atoms with Crippen LogP contribution in [0.4, 0.5) is 5.95 Å². The fraction of sp³-hybridized carbons (Fsp3) is 0.495. The highest BCUT2D eigenvalue weighted by atomic mass is 32.2. The van der Waals surface area contributed by atoms with E-state index in [1.165, 1.54) is 79.1 Å². The topological polar surface area (TPSA) is 595 Å². The minimum absolute atomic E-state index is 0.00523. The van der Waals surface area contributed by atoms with Gasteiger partial charge in [-0.25, -0.2) is 9.97 Å². The molecule has 3 saturated heterocycles. The number of H-pyrrole nitrogens is 1. The van der Waals surface area contributed by atoms with Crippen LogP contribution in [-0.2, 0) is 112 Å². The molecule has 43 heteroatoms. The Kier molecular flexibility index (Phi) is 40.2. The minimum Gasteiger partial charge on any atom is -0.508 e. The number of likely N-dealkylation sites (N-methyl/N-ethyl adjacent to an activating group) is 3. The molecule has 0 aliphatic carbocycles. The average Bonchev–Trinajstić information content (AvgIpc) is 1.62. The predicted octanol–water partition coefficient (Wildman–Crippen LogP) is 1.68. The Morgan fingerprint density at radius 3 is 1.74 bits per heavy atom. The van der Waals surface area contributed by atoms with Crippen LogP contribution in [0.15, 0.2) is 128 Å². The number of amides is 17. The van der Waals surface area contributed by atoms with Gasteiger partial charge in [0.1, 0.15) is 90.8 Å². The number of carbonyl (C=O) groups excluding carboxylic acids is 17. The molecule has 17 amide bonds. The molecule has 42 nitrogen and oxygen atoms in total. The summed E-state index contributed by atoms with van der Waals surface area (Å²) in [6.45, 7) is 9.46. The number of aromatic nitrogens is 4. The first kappa shape index (κ1) is 109. The Bertz CT molecular complexity index is 5700. The highest BCUT2D eigenvalue weighted by Crippen LogP contribution is 2.29. The number of phenolic OH excluding ortho intramolecular Hbond substituents is 1. The molecule has 7 aromatic rings. The van der Waals surface area contributed by atoms with E-state index in [1.807, 2.05) is 32.0 Å². The van der Waals surface area contributed by atoms with Gasteiger partial charge in [-0.15, -0.1) is 11.8 Å². The van der Waals surface area contributed by atoms with Crippen LogP contribution in [-0.4, -0.2) is 305 Å². The number of nitrogens with two attached hydrogens (primary N) is 2. The van der Waals surface area contributed by atoms with Gasteiger partial charge in [0.05, 0.1) is 31.0 Å². The lowest BCUT2D eigenvalue weighted by Crippen LogP contribution is -2.61. The number of carboxylic acids is 1. The molecule has 4 aromatic carbocycles. The minimum atomic E-state index is -1.78. The van der Waals surface area contributed by atoms with Crippen molar-refractivity contribution in [2.24, 2.45) is 23.3 Å². The lowest BCUT2D eigenvalue weighted by Gasteiger charge is -2.36. The molecule has 0 spiro atoms.